The number of rotatable bonds is 5. The summed E-state index contributed by atoms with van der Waals surface area (Å²) >= 11 is 0. The van der Waals surface area contributed by atoms with E-state index in [4.69, 9.17) is 4.74 Å². The number of hydrogen-bond donors (Lipinski definition) is 2. The Balaban J connectivity index is 4.45. The quantitative estimate of drug-likeness (QED) is 0.346. The normalized spacial score (nSPS) is 12.7. The first-order chi connectivity index (χ1) is 6.88. The van der Waals surface area contributed by atoms with Crippen molar-refractivity contribution in [3.05, 3.63) is 0 Å². The van der Waals surface area contributed by atoms with Crippen LogP contribution in [0.25, 0.3) is 0 Å². The van der Waals surface area contributed by atoms with Gasteiger partial charge < -0.3 is 10.1 Å². The number of hydrogen-bond acceptors (Lipinski definition) is 6. The van der Waals surface area contributed by atoms with E-state index in [0.717, 1.165) is 0 Å². The molecule has 1 unspecified atom stereocenters. The molecule has 0 bridgehead atoms. The van der Waals surface area contributed by atoms with Gasteiger partial charge in [-0.25, -0.2) is 5.43 Å². The average molecular weight is 218 g/mol. The van der Waals surface area contributed by atoms with Gasteiger partial charge in [0.2, 0.25) is 12.3 Å². The topological polar surface area (TPSA) is 73.9 Å². The van der Waals surface area contributed by atoms with Gasteiger partial charge in [-0.3, -0.25) is 9.59 Å². The highest BCUT2D eigenvalue weighted by molar-refractivity contribution is 5.73. The van der Waals surface area contributed by atoms with Gasteiger partial charge in [0, 0.05) is 35.0 Å². The van der Waals surface area contributed by atoms with Crippen LogP contribution in [0.3, 0.4) is 0 Å². The van der Waals surface area contributed by atoms with Crippen LogP contribution in [0.1, 0.15) is 13.8 Å². The van der Waals surface area contributed by atoms with Crippen LogP contribution in [-0.4, -0.2) is 49.5 Å². The maximum Gasteiger partial charge on any atom is 0.305 e. The highest BCUT2D eigenvalue weighted by Crippen LogP contribution is 1.97. The molecule has 88 valence electrons. The van der Waals surface area contributed by atoms with Crippen LogP contribution >= 0.6 is 0 Å². The first-order valence-electron chi connectivity index (χ1n) is 4.46. The molecule has 1 amide bonds. The molecule has 0 heterocycles. The third-order valence-electron chi connectivity index (χ3n) is 1.74. The molecular weight excluding hydrogens is 200 g/mol. The zero-order valence-electron chi connectivity index (χ0n) is 9.70. The molecule has 0 aromatic rings. The van der Waals surface area contributed by atoms with Gasteiger partial charge in [-0.05, 0) is 0 Å². The molecule has 0 aliphatic heterocycles. The van der Waals surface area contributed by atoms with Crippen LogP contribution in [0.15, 0.2) is 0 Å². The zero-order valence-corrected chi connectivity index (χ0v) is 9.70. The SMILES string of the molecule is CNN(C)N(C)C(NC(C)=O)OC(C)=O. The third kappa shape index (κ3) is 5.31. The molecule has 7 heteroatoms. The monoisotopic (exact) mass is 218 g/mol. The summed E-state index contributed by atoms with van der Waals surface area (Å²) in [6.45, 7) is 2.63. The van der Waals surface area contributed by atoms with E-state index in [2.05, 4.69) is 10.7 Å². The number of nitrogens with one attached hydrogen (secondary N) is 2. The first-order valence-corrected chi connectivity index (χ1v) is 4.46. The van der Waals surface area contributed by atoms with Crippen LogP contribution in [-0.2, 0) is 14.3 Å². The smallest absolute Gasteiger partial charge is 0.305 e. The summed E-state index contributed by atoms with van der Waals surface area (Å²) in [5.41, 5.74) is 2.81. The van der Waals surface area contributed by atoms with Gasteiger partial charge in [0.25, 0.3) is 0 Å². The molecule has 0 spiro atoms. The lowest BCUT2D eigenvalue weighted by Crippen LogP contribution is -2.57. The van der Waals surface area contributed by atoms with Crippen molar-refractivity contribution >= 4 is 11.9 Å². The molecular formula is C8H18N4O3. The number of carbonyl (C=O) groups is 2. The molecule has 0 aliphatic carbocycles. The van der Waals surface area contributed by atoms with Crippen LogP contribution in [0.4, 0.5) is 0 Å². The Morgan fingerprint density at radius 3 is 2.13 bits per heavy atom. The number of carbonyl (C=O) groups excluding carboxylic acids is 2. The minimum Gasteiger partial charge on any atom is -0.426 e. The molecule has 0 aliphatic rings. The lowest BCUT2D eigenvalue weighted by molar-refractivity contribution is -0.188. The molecule has 0 aromatic heterocycles. The van der Waals surface area contributed by atoms with Gasteiger partial charge in [-0.15, -0.1) is 0 Å². The molecule has 0 aromatic carbocycles. The second kappa shape index (κ2) is 6.33. The van der Waals surface area contributed by atoms with Gasteiger partial charge in [0.1, 0.15) is 0 Å². The summed E-state index contributed by atoms with van der Waals surface area (Å²) in [6.07, 6.45) is -0.822. The molecule has 15 heavy (non-hydrogen) atoms. The Morgan fingerprint density at radius 2 is 1.80 bits per heavy atom. The summed E-state index contributed by atoms with van der Waals surface area (Å²) in [4.78, 5) is 21.7. The summed E-state index contributed by atoms with van der Waals surface area (Å²) in [6, 6.07) is 0. The molecule has 0 rings (SSSR count). The van der Waals surface area contributed by atoms with Crippen LogP contribution in [0.5, 0.6) is 0 Å². The van der Waals surface area contributed by atoms with Crippen molar-refractivity contribution in [2.75, 3.05) is 21.1 Å². The van der Waals surface area contributed by atoms with Crippen molar-refractivity contribution in [1.82, 2.24) is 20.9 Å². The Bertz CT molecular complexity index is 218. The van der Waals surface area contributed by atoms with E-state index in [1.54, 1.807) is 26.3 Å². The van der Waals surface area contributed by atoms with E-state index in [1.165, 1.54) is 18.9 Å². The number of ether oxygens (including phenoxy) is 1. The van der Waals surface area contributed by atoms with Crippen LogP contribution < -0.4 is 10.7 Å². The maximum absolute atomic E-state index is 10.9. The van der Waals surface area contributed by atoms with E-state index in [-0.39, 0.29) is 5.91 Å². The van der Waals surface area contributed by atoms with Crippen LogP contribution in [0, 0.1) is 0 Å². The average Bonchev–Trinajstić information content (AvgIpc) is 2.13. The minimum atomic E-state index is -0.822. The molecule has 2 N–H and O–H groups in total. The minimum absolute atomic E-state index is 0.280. The standard InChI is InChI=1S/C8H18N4O3/c1-6(13)10-8(15-7(2)14)11(4)12(5)9-3/h8-9H,1-5H3,(H,10,13). The van der Waals surface area contributed by atoms with Gasteiger partial charge >= 0.3 is 5.97 Å². The second-order valence-electron chi connectivity index (χ2n) is 2.98. The summed E-state index contributed by atoms with van der Waals surface area (Å²) < 4.78 is 4.92. The predicted octanol–water partition coefficient (Wildman–Crippen LogP) is -1.12. The largest absolute Gasteiger partial charge is 0.426 e. The second-order valence-corrected chi connectivity index (χ2v) is 2.98. The highest BCUT2D eigenvalue weighted by Gasteiger charge is 2.21. The van der Waals surface area contributed by atoms with Crippen molar-refractivity contribution in [1.29, 1.82) is 0 Å². The van der Waals surface area contributed by atoms with Crippen molar-refractivity contribution in [2.24, 2.45) is 0 Å². The van der Waals surface area contributed by atoms with Gasteiger partial charge in [0.05, 0.1) is 0 Å². The molecule has 0 saturated carbocycles. The van der Waals surface area contributed by atoms with E-state index in [0.29, 0.717) is 0 Å². The number of amides is 1. The summed E-state index contributed by atoms with van der Waals surface area (Å²) in [7, 11) is 5.09. The Kier molecular flexibility index (Phi) is 5.83. The van der Waals surface area contributed by atoms with Crippen molar-refractivity contribution in [3.8, 4) is 0 Å². The Labute approximate surface area is 89.3 Å². The fraction of sp³-hybridized carbons (Fsp3) is 0.750. The Morgan fingerprint density at radius 1 is 1.27 bits per heavy atom. The maximum atomic E-state index is 10.9. The van der Waals surface area contributed by atoms with E-state index in [9.17, 15) is 9.59 Å². The molecule has 1 atom stereocenters. The zero-order chi connectivity index (χ0) is 12.0. The summed E-state index contributed by atoms with van der Waals surface area (Å²) in [5, 5.41) is 5.59. The van der Waals surface area contributed by atoms with E-state index < -0.39 is 12.3 Å². The van der Waals surface area contributed by atoms with Gasteiger partial charge in [-0.1, -0.05) is 0 Å². The number of hydrazine groups is 2. The molecule has 7 nitrogen and oxygen atoms in total. The lowest BCUT2D eigenvalue weighted by Gasteiger charge is -2.33. The van der Waals surface area contributed by atoms with Gasteiger partial charge in [0.15, 0.2) is 0 Å². The van der Waals surface area contributed by atoms with E-state index in [1.807, 2.05) is 0 Å². The lowest BCUT2D eigenvalue weighted by atomic mass is 10.6. The van der Waals surface area contributed by atoms with Crippen molar-refractivity contribution in [2.45, 2.75) is 20.2 Å². The highest BCUT2D eigenvalue weighted by atomic mass is 16.6. The molecule has 0 fully saturated rings. The Hall–Kier alpha value is -1.18. The molecule has 0 radical (unpaired) electrons. The predicted molar refractivity (Wildman–Crippen MR) is 54.0 cm³/mol. The fourth-order valence-electron chi connectivity index (χ4n) is 0.845. The number of esters is 1. The van der Waals surface area contributed by atoms with Crippen molar-refractivity contribution in [3.63, 3.8) is 0 Å². The third-order valence-corrected chi connectivity index (χ3v) is 1.74. The number of nitrogens with zero attached hydrogens (tertiary/aromatic N) is 2. The fourth-order valence-corrected chi connectivity index (χ4v) is 0.845. The molecule has 0 saturated heterocycles. The van der Waals surface area contributed by atoms with Crippen molar-refractivity contribution < 1.29 is 14.3 Å². The van der Waals surface area contributed by atoms with Crippen LogP contribution in [0.2, 0.25) is 0 Å². The first kappa shape index (κ1) is 13.8. The van der Waals surface area contributed by atoms with E-state index >= 15 is 0 Å². The van der Waals surface area contributed by atoms with Gasteiger partial charge in [-0.2, -0.15) is 10.1 Å². The summed E-state index contributed by atoms with van der Waals surface area (Å²) in [5.74, 6) is -0.747.